The van der Waals surface area contributed by atoms with E-state index < -0.39 is 14.3 Å². The molecule has 0 spiro atoms. The number of rotatable bonds is 5. The van der Waals surface area contributed by atoms with E-state index in [2.05, 4.69) is 50.9 Å². The summed E-state index contributed by atoms with van der Waals surface area (Å²) in [5.74, 6) is 0.448. The average molecular weight is 340 g/mol. The van der Waals surface area contributed by atoms with E-state index in [0.717, 1.165) is 18.7 Å². The summed E-state index contributed by atoms with van der Waals surface area (Å²) >= 11 is 0. The Morgan fingerprint density at radius 1 is 1.35 bits per heavy atom. The normalized spacial score (nSPS) is 21.3. The van der Waals surface area contributed by atoms with Crippen LogP contribution in [0.15, 0.2) is 0 Å². The summed E-state index contributed by atoms with van der Waals surface area (Å²) in [6, 6.07) is 0.232. The molecule has 1 aliphatic rings. The molecular weight excluding hydrogens is 310 g/mol. The summed E-state index contributed by atoms with van der Waals surface area (Å²) in [6.07, 6.45) is 1.73. The van der Waals surface area contributed by atoms with Gasteiger partial charge in [0.15, 0.2) is 14.1 Å². The molecule has 2 atom stereocenters. The fourth-order valence-corrected chi connectivity index (χ4v) is 3.80. The molecule has 0 fully saturated rings. The van der Waals surface area contributed by atoms with Crippen molar-refractivity contribution in [3.63, 3.8) is 0 Å². The monoisotopic (exact) mass is 339 g/mol. The standard InChI is InChI=1S/C16H29N3O3Si/c1-8-11-10-12(22-23(6,7)16(3,4)5)14-17-13(18-19(11)14)15(20)21-9-2/h11-12H,8-10H2,1-7H3. The predicted molar refractivity (Wildman–Crippen MR) is 90.9 cm³/mol. The highest BCUT2D eigenvalue weighted by Crippen LogP contribution is 2.44. The molecule has 23 heavy (non-hydrogen) atoms. The molecule has 6 nitrogen and oxygen atoms in total. The highest BCUT2D eigenvalue weighted by molar-refractivity contribution is 6.74. The minimum Gasteiger partial charge on any atom is -0.460 e. The fourth-order valence-electron chi connectivity index (χ4n) is 2.53. The molecule has 7 heteroatoms. The first-order chi connectivity index (χ1) is 10.6. The topological polar surface area (TPSA) is 66.2 Å². The third kappa shape index (κ3) is 3.50. The van der Waals surface area contributed by atoms with Gasteiger partial charge in [0, 0.05) is 6.42 Å². The summed E-state index contributed by atoms with van der Waals surface area (Å²) in [4.78, 5) is 16.3. The van der Waals surface area contributed by atoms with Gasteiger partial charge < -0.3 is 9.16 Å². The van der Waals surface area contributed by atoms with E-state index in [9.17, 15) is 4.79 Å². The molecule has 1 aliphatic heterocycles. The summed E-state index contributed by atoms with van der Waals surface area (Å²) in [7, 11) is -1.91. The largest absolute Gasteiger partial charge is 0.460 e. The van der Waals surface area contributed by atoms with Crippen molar-refractivity contribution in [2.45, 2.75) is 77.7 Å². The Bertz CT molecular complexity index is 578. The molecular formula is C16H29N3O3Si. The van der Waals surface area contributed by atoms with Crippen molar-refractivity contribution >= 4 is 14.3 Å². The maximum absolute atomic E-state index is 11.9. The van der Waals surface area contributed by atoms with Gasteiger partial charge in [0.05, 0.1) is 12.6 Å². The van der Waals surface area contributed by atoms with Gasteiger partial charge in [-0.15, -0.1) is 5.10 Å². The van der Waals surface area contributed by atoms with Crippen LogP contribution in [0.4, 0.5) is 0 Å². The summed E-state index contributed by atoms with van der Waals surface area (Å²) in [5, 5.41) is 4.50. The zero-order chi connectivity index (χ0) is 17.4. The molecule has 0 amide bonds. The Morgan fingerprint density at radius 2 is 2.00 bits per heavy atom. The Morgan fingerprint density at radius 3 is 2.52 bits per heavy atom. The summed E-state index contributed by atoms with van der Waals surface area (Å²) in [5.41, 5.74) is 0. The van der Waals surface area contributed by atoms with Crippen molar-refractivity contribution in [2.24, 2.45) is 0 Å². The van der Waals surface area contributed by atoms with Gasteiger partial charge in [0.2, 0.25) is 0 Å². The number of nitrogens with zero attached hydrogens (tertiary/aromatic N) is 3. The number of carbonyl (C=O) groups excluding carboxylic acids is 1. The van der Waals surface area contributed by atoms with Gasteiger partial charge in [-0.3, -0.25) is 0 Å². The van der Waals surface area contributed by atoms with Crippen molar-refractivity contribution in [3.8, 4) is 0 Å². The van der Waals surface area contributed by atoms with Crippen molar-refractivity contribution in [1.82, 2.24) is 14.8 Å². The van der Waals surface area contributed by atoms with Crippen molar-refractivity contribution in [3.05, 3.63) is 11.6 Å². The number of esters is 1. The molecule has 1 aromatic heterocycles. The third-order valence-electron chi connectivity index (χ3n) is 4.95. The molecule has 0 N–H and O–H groups in total. The maximum Gasteiger partial charge on any atom is 0.378 e. The van der Waals surface area contributed by atoms with Gasteiger partial charge >= 0.3 is 5.97 Å². The van der Waals surface area contributed by atoms with Crippen LogP contribution in [0.2, 0.25) is 18.1 Å². The highest BCUT2D eigenvalue weighted by atomic mass is 28.4. The first kappa shape index (κ1) is 18.1. The smallest absolute Gasteiger partial charge is 0.378 e. The third-order valence-corrected chi connectivity index (χ3v) is 9.44. The lowest BCUT2D eigenvalue weighted by molar-refractivity contribution is 0.0510. The second-order valence-corrected chi connectivity index (χ2v) is 12.4. The zero-order valence-corrected chi connectivity index (χ0v) is 16.3. The Hall–Kier alpha value is -1.21. The minimum absolute atomic E-state index is 0.0866. The van der Waals surface area contributed by atoms with Crippen molar-refractivity contribution in [1.29, 1.82) is 0 Å². The van der Waals surface area contributed by atoms with Crippen LogP contribution in [0.3, 0.4) is 0 Å². The van der Waals surface area contributed by atoms with Crippen LogP contribution in [0.25, 0.3) is 0 Å². The first-order valence-corrected chi connectivity index (χ1v) is 11.3. The molecule has 0 saturated heterocycles. The average Bonchev–Trinajstić information content (AvgIpc) is 2.98. The van der Waals surface area contributed by atoms with Gasteiger partial charge in [0.1, 0.15) is 6.10 Å². The number of carbonyl (C=O) groups is 1. The van der Waals surface area contributed by atoms with Crippen molar-refractivity contribution < 1.29 is 14.0 Å². The van der Waals surface area contributed by atoms with E-state index in [1.807, 2.05) is 4.68 Å². The van der Waals surface area contributed by atoms with Crippen molar-refractivity contribution in [2.75, 3.05) is 6.61 Å². The van der Waals surface area contributed by atoms with Crippen LogP contribution in [0, 0.1) is 0 Å². The predicted octanol–water partition coefficient (Wildman–Crippen LogP) is 3.87. The van der Waals surface area contributed by atoms with E-state index in [1.54, 1.807) is 6.92 Å². The maximum atomic E-state index is 11.9. The van der Waals surface area contributed by atoms with E-state index in [-0.39, 0.29) is 23.0 Å². The molecule has 0 aliphatic carbocycles. The number of ether oxygens (including phenoxy) is 1. The number of aromatic nitrogens is 3. The quantitative estimate of drug-likeness (QED) is 0.602. The van der Waals surface area contributed by atoms with Crippen LogP contribution in [-0.2, 0) is 9.16 Å². The Kier molecular flexibility index (Phi) is 5.01. The van der Waals surface area contributed by atoms with Crippen LogP contribution >= 0.6 is 0 Å². The van der Waals surface area contributed by atoms with Gasteiger partial charge in [0.25, 0.3) is 5.82 Å². The highest BCUT2D eigenvalue weighted by Gasteiger charge is 2.44. The lowest BCUT2D eigenvalue weighted by Gasteiger charge is -2.38. The van der Waals surface area contributed by atoms with E-state index in [1.165, 1.54) is 0 Å². The molecule has 2 rings (SSSR count). The second kappa shape index (κ2) is 6.35. The van der Waals surface area contributed by atoms with E-state index in [0.29, 0.717) is 6.61 Å². The molecule has 1 aromatic rings. The van der Waals surface area contributed by atoms with Crippen LogP contribution in [-0.4, -0.2) is 35.7 Å². The summed E-state index contributed by atoms with van der Waals surface area (Å²) < 4.78 is 13.4. The first-order valence-electron chi connectivity index (χ1n) is 8.42. The van der Waals surface area contributed by atoms with Crippen LogP contribution in [0.5, 0.6) is 0 Å². The Labute approximate surface area is 139 Å². The van der Waals surface area contributed by atoms with Gasteiger partial charge in [-0.1, -0.05) is 27.7 Å². The zero-order valence-electron chi connectivity index (χ0n) is 15.3. The SMILES string of the molecule is CCOC(=O)c1nc2n(n1)C(CC)CC2O[Si](C)(C)C(C)(C)C. The second-order valence-electron chi connectivity index (χ2n) is 7.62. The molecule has 0 bridgehead atoms. The van der Waals surface area contributed by atoms with Crippen LogP contribution in [0.1, 0.15) is 76.0 Å². The van der Waals surface area contributed by atoms with Gasteiger partial charge in [-0.2, -0.15) is 0 Å². The van der Waals surface area contributed by atoms with Gasteiger partial charge in [-0.05, 0) is 31.5 Å². The number of hydrogen-bond donors (Lipinski definition) is 0. The number of hydrogen-bond acceptors (Lipinski definition) is 5. The van der Waals surface area contributed by atoms with E-state index >= 15 is 0 Å². The molecule has 0 aromatic carbocycles. The van der Waals surface area contributed by atoms with Crippen LogP contribution < -0.4 is 0 Å². The summed E-state index contributed by atoms with van der Waals surface area (Å²) in [6.45, 7) is 15.4. The molecule has 2 heterocycles. The van der Waals surface area contributed by atoms with E-state index in [4.69, 9.17) is 9.16 Å². The minimum atomic E-state index is -1.91. The molecule has 130 valence electrons. The number of fused-ring (bicyclic) bond motifs is 1. The molecule has 0 radical (unpaired) electrons. The lowest BCUT2D eigenvalue weighted by atomic mass is 10.1. The fraction of sp³-hybridized carbons (Fsp3) is 0.812. The van der Waals surface area contributed by atoms with Gasteiger partial charge in [-0.25, -0.2) is 14.5 Å². The molecule has 2 unspecified atom stereocenters. The Balaban J connectivity index is 2.28. The lowest BCUT2D eigenvalue weighted by Crippen LogP contribution is -2.41. The molecule has 0 saturated carbocycles.